The molecule has 24 heavy (non-hydrogen) atoms. The minimum absolute atomic E-state index is 0.108. The van der Waals surface area contributed by atoms with Crippen LogP contribution in [0.25, 0.3) is 15.2 Å². The van der Waals surface area contributed by atoms with Crippen LogP contribution in [0.3, 0.4) is 0 Å². The van der Waals surface area contributed by atoms with Crippen LogP contribution in [-0.4, -0.2) is 25.6 Å². The van der Waals surface area contributed by atoms with E-state index in [9.17, 15) is 4.79 Å². The molecule has 0 spiro atoms. The number of aryl methyl sites for hydroxylation is 1. The summed E-state index contributed by atoms with van der Waals surface area (Å²) in [5.41, 5.74) is 2.97. The van der Waals surface area contributed by atoms with Crippen LogP contribution in [0, 0.1) is 6.92 Å². The maximum absolute atomic E-state index is 12.6. The second kappa shape index (κ2) is 6.03. The summed E-state index contributed by atoms with van der Waals surface area (Å²) in [4.78, 5) is 13.5. The number of Topliss-reactive ketones (excluding diaryl/α,β-unsaturated/α-hetero) is 1. The van der Waals surface area contributed by atoms with Gasteiger partial charge in [0.1, 0.15) is 0 Å². The highest BCUT2D eigenvalue weighted by Gasteiger charge is 2.21. The van der Waals surface area contributed by atoms with Crippen LogP contribution in [0.2, 0.25) is 0 Å². The molecule has 0 fully saturated rings. The maximum atomic E-state index is 12.6. The highest BCUT2D eigenvalue weighted by molar-refractivity contribution is 8.00. The average molecular weight is 353 g/mol. The SMILES string of the molecule is Cc1ccc(C(=O)C(C)Sc2nnc3sc4ccccc4n23)cc1. The molecule has 120 valence electrons. The third kappa shape index (κ3) is 2.61. The number of rotatable bonds is 4. The number of thiazole rings is 1. The lowest BCUT2D eigenvalue weighted by Gasteiger charge is -2.09. The second-order valence-corrected chi connectivity index (χ2v) is 7.98. The summed E-state index contributed by atoms with van der Waals surface area (Å²) < 4.78 is 3.20. The Labute approximate surface area is 147 Å². The molecule has 1 unspecified atom stereocenters. The minimum Gasteiger partial charge on any atom is -0.293 e. The number of thioether (sulfide) groups is 1. The Balaban J connectivity index is 1.66. The zero-order valence-corrected chi connectivity index (χ0v) is 14.9. The summed E-state index contributed by atoms with van der Waals surface area (Å²) in [6.45, 7) is 3.93. The largest absolute Gasteiger partial charge is 0.293 e. The molecular formula is C18H15N3OS2. The van der Waals surface area contributed by atoms with Gasteiger partial charge in [0.2, 0.25) is 4.96 Å². The van der Waals surface area contributed by atoms with Crippen LogP contribution in [0.1, 0.15) is 22.8 Å². The third-order valence-electron chi connectivity index (χ3n) is 3.90. The third-order valence-corrected chi connectivity index (χ3v) is 5.95. The van der Waals surface area contributed by atoms with Crippen molar-refractivity contribution in [2.75, 3.05) is 0 Å². The first-order valence-corrected chi connectivity index (χ1v) is 9.33. The van der Waals surface area contributed by atoms with Crippen molar-refractivity contribution in [2.45, 2.75) is 24.3 Å². The number of carbonyl (C=O) groups is 1. The zero-order valence-electron chi connectivity index (χ0n) is 13.3. The van der Waals surface area contributed by atoms with Crippen LogP contribution in [0.4, 0.5) is 0 Å². The van der Waals surface area contributed by atoms with Gasteiger partial charge in [-0.1, -0.05) is 65.1 Å². The lowest BCUT2D eigenvalue weighted by Crippen LogP contribution is -2.14. The van der Waals surface area contributed by atoms with Crippen molar-refractivity contribution in [1.82, 2.24) is 14.6 Å². The number of aromatic nitrogens is 3. The van der Waals surface area contributed by atoms with Gasteiger partial charge in [0.25, 0.3) is 0 Å². The summed E-state index contributed by atoms with van der Waals surface area (Å²) in [6, 6.07) is 15.8. The summed E-state index contributed by atoms with van der Waals surface area (Å²) in [5.74, 6) is 0.108. The molecule has 4 nitrogen and oxygen atoms in total. The maximum Gasteiger partial charge on any atom is 0.217 e. The smallest absolute Gasteiger partial charge is 0.217 e. The topological polar surface area (TPSA) is 47.3 Å². The number of ketones is 1. The molecule has 0 amide bonds. The second-order valence-electron chi connectivity index (χ2n) is 5.66. The first-order chi connectivity index (χ1) is 11.6. The van der Waals surface area contributed by atoms with Crippen molar-refractivity contribution >= 4 is 44.1 Å². The normalized spacial score (nSPS) is 12.8. The summed E-state index contributed by atoms with van der Waals surface area (Å²) in [7, 11) is 0. The predicted molar refractivity (Wildman–Crippen MR) is 99.2 cm³/mol. The van der Waals surface area contributed by atoms with Crippen LogP contribution >= 0.6 is 23.1 Å². The quantitative estimate of drug-likeness (QED) is 0.397. The van der Waals surface area contributed by atoms with E-state index in [1.165, 1.54) is 16.5 Å². The molecule has 0 radical (unpaired) electrons. The molecule has 4 aromatic rings. The van der Waals surface area contributed by atoms with E-state index in [1.54, 1.807) is 11.3 Å². The summed E-state index contributed by atoms with van der Waals surface area (Å²) in [6.07, 6.45) is 0. The first-order valence-electron chi connectivity index (χ1n) is 7.63. The van der Waals surface area contributed by atoms with E-state index < -0.39 is 0 Å². The molecule has 0 aliphatic heterocycles. The van der Waals surface area contributed by atoms with Gasteiger partial charge in [-0.3, -0.25) is 9.20 Å². The van der Waals surface area contributed by atoms with Gasteiger partial charge in [-0.15, -0.1) is 10.2 Å². The monoisotopic (exact) mass is 353 g/mol. The fourth-order valence-electron chi connectivity index (χ4n) is 2.60. The van der Waals surface area contributed by atoms with E-state index >= 15 is 0 Å². The Kier molecular flexibility index (Phi) is 3.86. The van der Waals surface area contributed by atoms with Gasteiger partial charge < -0.3 is 0 Å². The van der Waals surface area contributed by atoms with Gasteiger partial charge in [-0.05, 0) is 26.0 Å². The molecule has 1 atom stereocenters. The Morgan fingerprint density at radius 2 is 1.88 bits per heavy atom. The number of hydrogen-bond acceptors (Lipinski definition) is 5. The van der Waals surface area contributed by atoms with E-state index in [4.69, 9.17) is 0 Å². The highest BCUT2D eigenvalue weighted by Crippen LogP contribution is 2.31. The van der Waals surface area contributed by atoms with Gasteiger partial charge in [0, 0.05) is 5.56 Å². The number of nitrogens with zero attached hydrogens (tertiary/aromatic N) is 3. The molecule has 0 bridgehead atoms. The van der Waals surface area contributed by atoms with Crippen LogP contribution < -0.4 is 0 Å². The van der Waals surface area contributed by atoms with Gasteiger partial charge >= 0.3 is 0 Å². The van der Waals surface area contributed by atoms with Crippen LogP contribution in [-0.2, 0) is 0 Å². The number of fused-ring (bicyclic) bond motifs is 3. The van der Waals surface area contributed by atoms with Crippen molar-refractivity contribution in [2.24, 2.45) is 0 Å². The summed E-state index contributed by atoms with van der Waals surface area (Å²) in [5, 5.41) is 9.06. The lowest BCUT2D eigenvalue weighted by atomic mass is 10.1. The standard InChI is InChI=1S/C18H15N3OS2/c1-11-7-9-13(10-8-11)16(22)12(2)23-17-19-20-18-21(17)14-5-3-4-6-15(14)24-18/h3-10,12H,1-2H3. The number of para-hydroxylation sites is 1. The zero-order chi connectivity index (χ0) is 16.7. The van der Waals surface area contributed by atoms with Gasteiger partial charge in [0.05, 0.1) is 15.5 Å². The van der Waals surface area contributed by atoms with Gasteiger partial charge in [0.15, 0.2) is 10.9 Å². The van der Waals surface area contributed by atoms with Crippen molar-refractivity contribution < 1.29 is 4.79 Å². The van der Waals surface area contributed by atoms with Gasteiger partial charge in [-0.25, -0.2) is 0 Å². The molecule has 4 rings (SSSR count). The fourth-order valence-corrected chi connectivity index (χ4v) is 4.56. The Bertz CT molecular complexity index is 1030. The van der Waals surface area contributed by atoms with E-state index in [2.05, 4.69) is 22.3 Å². The molecule has 0 saturated carbocycles. The number of hydrogen-bond donors (Lipinski definition) is 0. The molecule has 2 aromatic heterocycles. The lowest BCUT2D eigenvalue weighted by molar-refractivity contribution is 0.0994. The molecule has 0 saturated heterocycles. The average Bonchev–Trinajstić information content (AvgIpc) is 3.14. The Morgan fingerprint density at radius 3 is 2.67 bits per heavy atom. The molecule has 0 N–H and O–H groups in total. The molecule has 6 heteroatoms. The van der Waals surface area contributed by atoms with Gasteiger partial charge in [-0.2, -0.15) is 0 Å². The molecule has 0 aliphatic carbocycles. The predicted octanol–water partition coefficient (Wildman–Crippen LogP) is 4.62. The van der Waals surface area contributed by atoms with E-state index in [-0.39, 0.29) is 11.0 Å². The summed E-state index contributed by atoms with van der Waals surface area (Å²) >= 11 is 3.06. The van der Waals surface area contributed by atoms with E-state index in [1.807, 2.05) is 54.6 Å². The van der Waals surface area contributed by atoms with Crippen molar-refractivity contribution in [3.05, 3.63) is 59.7 Å². The molecule has 0 aliphatic rings. The first kappa shape index (κ1) is 15.4. The van der Waals surface area contributed by atoms with Crippen molar-refractivity contribution in [1.29, 1.82) is 0 Å². The Hall–Kier alpha value is -2.18. The Morgan fingerprint density at radius 1 is 1.12 bits per heavy atom. The molecular weight excluding hydrogens is 338 g/mol. The number of benzene rings is 2. The van der Waals surface area contributed by atoms with Crippen LogP contribution in [0.15, 0.2) is 53.7 Å². The number of carbonyl (C=O) groups excluding carboxylic acids is 1. The van der Waals surface area contributed by atoms with Crippen molar-refractivity contribution in [3.63, 3.8) is 0 Å². The van der Waals surface area contributed by atoms with E-state index in [0.29, 0.717) is 0 Å². The van der Waals surface area contributed by atoms with Crippen LogP contribution in [0.5, 0.6) is 0 Å². The molecule has 2 aromatic carbocycles. The van der Waals surface area contributed by atoms with Crippen molar-refractivity contribution in [3.8, 4) is 0 Å². The molecule has 2 heterocycles. The fraction of sp³-hybridized carbons (Fsp3) is 0.167. The highest BCUT2D eigenvalue weighted by atomic mass is 32.2. The van der Waals surface area contributed by atoms with E-state index in [0.717, 1.165) is 26.8 Å². The minimum atomic E-state index is -0.223.